The Hall–Kier alpha value is -0.700. The van der Waals surface area contributed by atoms with Crippen LogP contribution in [-0.2, 0) is 0 Å². The summed E-state index contributed by atoms with van der Waals surface area (Å²) < 4.78 is 0. The predicted molar refractivity (Wildman–Crippen MR) is 38.3 cm³/mol. The summed E-state index contributed by atoms with van der Waals surface area (Å²) in [5.41, 5.74) is 7.35. The molecule has 0 saturated carbocycles. The van der Waals surface area contributed by atoms with E-state index in [0.717, 1.165) is 11.4 Å². The number of thiophene rings is 1. The summed E-state index contributed by atoms with van der Waals surface area (Å²) in [4.78, 5) is 0. The first kappa shape index (κ1) is 5.44. The van der Waals surface area contributed by atoms with Crippen LogP contribution in [0.5, 0.6) is 0 Å². The number of nitrogens with one attached hydrogen (secondary N) is 1. The molecule has 0 aliphatic heterocycles. The standard InChI is InChI=1S/C5H8N2S/c1-7-5-3-8-2-4(5)6/h2-3,7H,6H2,1H3. The summed E-state index contributed by atoms with van der Waals surface area (Å²) in [5, 5.41) is 6.85. The van der Waals surface area contributed by atoms with Gasteiger partial charge in [-0.25, -0.2) is 0 Å². The van der Waals surface area contributed by atoms with Crippen LogP contribution in [0.2, 0.25) is 0 Å². The van der Waals surface area contributed by atoms with E-state index >= 15 is 0 Å². The first-order valence-corrected chi connectivity index (χ1v) is 3.28. The number of rotatable bonds is 1. The zero-order chi connectivity index (χ0) is 5.98. The zero-order valence-corrected chi connectivity index (χ0v) is 5.46. The highest BCUT2D eigenvalue weighted by molar-refractivity contribution is 7.08. The van der Waals surface area contributed by atoms with Gasteiger partial charge < -0.3 is 11.1 Å². The van der Waals surface area contributed by atoms with Crippen LogP contribution >= 0.6 is 11.3 Å². The van der Waals surface area contributed by atoms with Crippen molar-refractivity contribution in [2.24, 2.45) is 0 Å². The van der Waals surface area contributed by atoms with Crippen LogP contribution in [0.4, 0.5) is 11.4 Å². The average Bonchev–Trinajstić information content (AvgIpc) is 2.14. The summed E-state index contributed by atoms with van der Waals surface area (Å²) in [5.74, 6) is 0. The summed E-state index contributed by atoms with van der Waals surface area (Å²) >= 11 is 1.60. The molecule has 1 rings (SSSR count). The van der Waals surface area contributed by atoms with Crippen molar-refractivity contribution < 1.29 is 0 Å². The Kier molecular flexibility index (Phi) is 1.39. The maximum Gasteiger partial charge on any atom is 0.0680 e. The Bertz CT molecular complexity index is 171. The SMILES string of the molecule is CNc1cscc1N. The molecule has 0 unspecified atom stereocenters. The molecule has 0 aliphatic carbocycles. The molecule has 0 atom stereocenters. The number of hydrogen-bond donors (Lipinski definition) is 2. The summed E-state index contributed by atoms with van der Waals surface area (Å²) in [7, 11) is 1.86. The molecule has 1 aromatic rings. The minimum Gasteiger partial charge on any atom is -0.396 e. The minimum absolute atomic E-state index is 0.831. The van der Waals surface area contributed by atoms with Crippen LogP contribution < -0.4 is 11.1 Å². The lowest BCUT2D eigenvalue weighted by molar-refractivity contribution is 1.56. The van der Waals surface area contributed by atoms with Crippen molar-refractivity contribution in [2.45, 2.75) is 0 Å². The lowest BCUT2D eigenvalue weighted by Crippen LogP contribution is -1.89. The summed E-state index contributed by atoms with van der Waals surface area (Å²) in [6.07, 6.45) is 0. The van der Waals surface area contributed by atoms with Crippen LogP contribution in [0.25, 0.3) is 0 Å². The molecule has 0 radical (unpaired) electrons. The fourth-order valence-corrected chi connectivity index (χ4v) is 1.24. The molecule has 0 amide bonds. The molecule has 0 aromatic carbocycles. The fraction of sp³-hybridized carbons (Fsp3) is 0.200. The molecular weight excluding hydrogens is 120 g/mol. The van der Waals surface area contributed by atoms with E-state index in [1.165, 1.54) is 0 Å². The molecule has 3 heteroatoms. The third-order valence-corrected chi connectivity index (χ3v) is 1.72. The van der Waals surface area contributed by atoms with Gasteiger partial charge in [-0.15, -0.1) is 11.3 Å². The number of anilines is 2. The zero-order valence-electron chi connectivity index (χ0n) is 4.64. The molecule has 0 aliphatic rings. The van der Waals surface area contributed by atoms with Gasteiger partial charge in [-0.3, -0.25) is 0 Å². The lowest BCUT2D eigenvalue weighted by atomic mass is 10.5. The Labute approximate surface area is 52.3 Å². The lowest BCUT2D eigenvalue weighted by Gasteiger charge is -1.93. The second kappa shape index (κ2) is 2.05. The van der Waals surface area contributed by atoms with Crippen LogP contribution in [0, 0.1) is 0 Å². The molecule has 0 bridgehead atoms. The highest BCUT2D eigenvalue weighted by atomic mass is 32.1. The number of hydrogen-bond acceptors (Lipinski definition) is 3. The van der Waals surface area contributed by atoms with Crippen molar-refractivity contribution >= 4 is 22.7 Å². The van der Waals surface area contributed by atoms with E-state index in [0.29, 0.717) is 0 Å². The van der Waals surface area contributed by atoms with Gasteiger partial charge in [-0.2, -0.15) is 0 Å². The highest BCUT2D eigenvalue weighted by Crippen LogP contribution is 2.21. The van der Waals surface area contributed by atoms with Crippen LogP contribution in [-0.4, -0.2) is 7.05 Å². The molecule has 0 spiro atoms. The Balaban J connectivity index is 2.92. The van der Waals surface area contributed by atoms with E-state index in [-0.39, 0.29) is 0 Å². The third kappa shape index (κ3) is 0.767. The van der Waals surface area contributed by atoms with Crippen molar-refractivity contribution in [3.8, 4) is 0 Å². The van der Waals surface area contributed by atoms with Gasteiger partial charge in [0.15, 0.2) is 0 Å². The monoisotopic (exact) mass is 128 g/mol. The van der Waals surface area contributed by atoms with Crippen molar-refractivity contribution in [3.63, 3.8) is 0 Å². The molecule has 1 aromatic heterocycles. The first-order chi connectivity index (χ1) is 3.84. The molecule has 2 nitrogen and oxygen atoms in total. The molecule has 1 heterocycles. The average molecular weight is 128 g/mol. The Morgan fingerprint density at radius 1 is 1.62 bits per heavy atom. The van der Waals surface area contributed by atoms with E-state index in [1.54, 1.807) is 11.3 Å². The van der Waals surface area contributed by atoms with Gasteiger partial charge >= 0.3 is 0 Å². The normalized spacial score (nSPS) is 9.12. The van der Waals surface area contributed by atoms with Crippen molar-refractivity contribution in [3.05, 3.63) is 10.8 Å². The van der Waals surface area contributed by atoms with E-state index < -0.39 is 0 Å². The third-order valence-electron chi connectivity index (χ3n) is 0.961. The van der Waals surface area contributed by atoms with Crippen LogP contribution in [0.15, 0.2) is 10.8 Å². The van der Waals surface area contributed by atoms with E-state index in [1.807, 2.05) is 17.8 Å². The second-order valence-electron chi connectivity index (χ2n) is 1.49. The van der Waals surface area contributed by atoms with Gasteiger partial charge in [0.25, 0.3) is 0 Å². The summed E-state index contributed by atoms with van der Waals surface area (Å²) in [6, 6.07) is 0. The smallest absolute Gasteiger partial charge is 0.0680 e. The quantitative estimate of drug-likeness (QED) is 0.599. The van der Waals surface area contributed by atoms with Gasteiger partial charge in [0, 0.05) is 17.8 Å². The molecule has 8 heavy (non-hydrogen) atoms. The maximum absolute atomic E-state index is 5.50. The minimum atomic E-state index is 0.831. The molecule has 3 N–H and O–H groups in total. The predicted octanol–water partition coefficient (Wildman–Crippen LogP) is 1.37. The van der Waals surface area contributed by atoms with Crippen molar-refractivity contribution in [1.29, 1.82) is 0 Å². The maximum atomic E-state index is 5.50. The largest absolute Gasteiger partial charge is 0.396 e. The van der Waals surface area contributed by atoms with Gasteiger partial charge in [0.2, 0.25) is 0 Å². The molecule has 0 saturated heterocycles. The summed E-state index contributed by atoms with van der Waals surface area (Å²) in [6.45, 7) is 0. The highest BCUT2D eigenvalue weighted by Gasteiger charge is 1.92. The van der Waals surface area contributed by atoms with Crippen LogP contribution in [0.1, 0.15) is 0 Å². The fourth-order valence-electron chi connectivity index (χ4n) is 0.510. The van der Waals surface area contributed by atoms with Crippen LogP contribution in [0.3, 0.4) is 0 Å². The van der Waals surface area contributed by atoms with E-state index in [2.05, 4.69) is 5.32 Å². The first-order valence-electron chi connectivity index (χ1n) is 2.34. The van der Waals surface area contributed by atoms with E-state index in [9.17, 15) is 0 Å². The van der Waals surface area contributed by atoms with Crippen molar-refractivity contribution in [1.82, 2.24) is 0 Å². The Morgan fingerprint density at radius 2 is 2.38 bits per heavy atom. The van der Waals surface area contributed by atoms with Gasteiger partial charge in [0.1, 0.15) is 0 Å². The topological polar surface area (TPSA) is 38.0 Å². The van der Waals surface area contributed by atoms with Gasteiger partial charge in [-0.1, -0.05) is 0 Å². The molecule has 44 valence electrons. The van der Waals surface area contributed by atoms with Gasteiger partial charge in [-0.05, 0) is 0 Å². The number of nitrogen functional groups attached to an aromatic ring is 1. The van der Waals surface area contributed by atoms with Crippen molar-refractivity contribution in [2.75, 3.05) is 18.1 Å². The number of nitrogens with two attached hydrogens (primary N) is 1. The Morgan fingerprint density at radius 3 is 2.62 bits per heavy atom. The second-order valence-corrected chi connectivity index (χ2v) is 2.23. The van der Waals surface area contributed by atoms with Gasteiger partial charge in [0.05, 0.1) is 11.4 Å². The van der Waals surface area contributed by atoms with E-state index in [4.69, 9.17) is 5.73 Å². The molecule has 0 fully saturated rings. The molecular formula is C5H8N2S.